The van der Waals surface area contributed by atoms with Crippen LogP contribution in [0.1, 0.15) is 12.8 Å². The van der Waals surface area contributed by atoms with Crippen LogP contribution >= 0.6 is 0 Å². The molecule has 0 aromatic carbocycles. The first kappa shape index (κ1) is 9.50. The first-order chi connectivity index (χ1) is 6.02. The lowest BCUT2D eigenvalue weighted by molar-refractivity contribution is -0.153. The van der Waals surface area contributed by atoms with Crippen molar-refractivity contribution in [2.24, 2.45) is 5.73 Å². The molecular formula is C7H10N2O4. The zero-order valence-electron chi connectivity index (χ0n) is 7.15. The van der Waals surface area contributed by atoms with Gasteiger partial charge in [-0.2, -0.15) is 0 Å². The molecule has 0 bridgehead atoms. The monoisotopic (exact) mass is 186 g/mol. The number of carbonyl (C=O) groups excluding carboxylic acids is 3. The molecule has 1 rings (SSSR count). The van der Waals surface area contributed by atoms with Crippen molar-refractivity contribution < 1.29 is 19.1 Å². The number of carbonyl (C=O) groups is 3. The van der Waals surface area contributed by atoms with Gasteiger partial charge in [0, 0.05) is 19.9 Å². The van der Waals surface area contributed by atoms with E-state index in [1.807, 2.05) is 0 Å². The molecule has 2 N–H and O–H groups in total. The van der Waals surface area contributed by atoms with Gasteiger partial charge >= 0.3 is 6.09 Å². The second kappa shape index (κ2) is 3.42. The van der Waals surface area contributed by atoms with Crippen molar-refractivity contribution >= 4 is 17.9 Å². The quantitative estimate of drug-likeness (QED) is 0.544. The lowest BCUT2D eigenvalue weighted by Gasteiger charge is -2.26. The number of piperidine rings is 1. The van der Waals surface area contributed by atoms with Crippen molar-refractivity contribution in [1.29, 1.82) is 0 Å². The van der Waals surface area contributed by atoms with E-state index in [9.17, 15) is 14.4 Å². The molecule has 1 heterocycles. The molecule has 3 amide bonds. The summed E-state index contributed by atoms with van der Waals surface area (Å²) in [5.74, 6) is -0.788. The molecule has 0 radical (unpaired) electrons. The van der Waals surface area contributed by atoms with Crippen molar-refractivity contribution in [1.82, 2.24) is 4.90 Å². The van der Waals surface area contributed by atoms with Gasteiger partial charge in [-0.25, -0.2) is 4.79 Å². The van der Waals surface area contributed by atoms with E-state index < -0.39 is 18.1 Å². The van der Waals surface area contributed by atoms with E-state index in [4.69, 9.17) is 5.73 Å². The van der Waals surface area contributed by atoms with Crippen LogP contribution in [0, 0.1) is 0 Å². The van der Waals surface area contributed by atoms with E-state index in [2.05, 4.69) is 4.74 Å². The lowest BCUT2D eigenvalue weighted by Crippen LogP contribution is -2.47. The smallest absolute Gasteiger partial charge is 0.405 e. The van der Waals surface area contributed by atoms with Crippen LogP contribution in [0.4, 0.5) is 4.79 Å². The van der Waals surface area contributed by atoms with E-state index in [1.165, 1.54) is 7.05 Å². The van der Waals surface area contributed by atoms with Crippen molar-refractivity contribution in [3.63, 3.8) is 0 Å². The third-order valence-corrected chi connectivity index (χ3v) is 1.86. The predicted molar refractivity (Wildman–Crippen MR) is 41.5 cm³/mol. The van der Waals surface area contributed by atoms with Crippen molar-refractivity contribution in [3.8, 4) is 0 Å². The first-order valence-corrected chi connectivity index (χ1v) is 3.79. The zero-order chi connectivity index (χ0) is 10.0. The number of rotatable bonds is 1. The number of nitrogens with zero attached hydrogens (tertiary/aromatic N) is 1. The maximum absolute atomic E-state index is 11.2. The highest BCUT2D eigenvalue weighted by Crippen LogP contribution is 2.14. The Labute approximate surface area is 74.6 Å². The Kier molecular flexibility index (Phi) is 2.50. The summed E-state index contributed by atoms with van der Waals surface area (Å²) in [6.07, 6.45) is -1.49. The molecule has 1 aliphatic rings. The second-order valence-corrected chi connectivity index (χ2v) is 2.76. The van der Waals surface area contributed by atoms with Gasteiger partial charge in [0.15, 0.2) is 6.10 Å². The van der Waals surface area contributed by atoms with Crippen LogP contribution in [-0.2, 0) is 14.3 Å². The summed E-state index contributed by atoms with van der Waals surface area (Å²) in [4.78, 5) is 33.5. The second-order valence-electron chi connectivity index (χ2n) is 2.76. The molecule has 1 atom stereocenters. The van der Waals surface area contributed by atoms with Crippen molar-refractivity contribution in [3.05, 3.63) is 0 Å². The standard InChI is InChI=1S/C7H10N2O4/c1-9-5(10)3-2-4(6(9)11)13-7(8)12/h4H,2-3H2,1H3,(H2,8,12). The lowest BCUT2D eigenvalue weighted by atomic mass is 10.1. The van der Waals surface area contributed by atoms with Gasteiger partial charge in [-0.05, 0) is 0 Å². The number of imide groups is 1. The minimum Gasteiger partial charge on any atom is -0.436 e. The van der Waals surface area contributed by atoms with Gasteiger partial charge in [0.05, 0.1) is 0 Å². The fourth-order valence-electron chi connectivity index (χ4n) is 1.13. The Morgan fingerprint density at radius 3 is 2.77 bits per heavy atom. The van der Waals surface area contributed by atoms with Crippen LogP contribution in [0.25, 0.3) is 0 Å². The fraction of sp³-hybridized carbons (Fsp3) is 0.571. The number of likely N-dealkylation sites (tertiary alicyclic amines) is 1. The molecule has 0 aromatic rings. The van der Waals surface area contributed by atoms with Gasteiger partial charge in [0.2, 0.25) is 5.91 Å². The summed E-state index contributed by atoms with van der Waals surface area (Å²) in [7, 11) is 1.35. The molecule has 6 heteroatoms. The van der Waals surface area contributed by atoms with Crippen LogP contribution in [0.3, 0.4) is 0 Å². The van der Waals surface area contributed by atoms with Gasteiger partial charge in [-0.15, -0.1) is 0 Å². The van der Waals surface area contributed by atoms with Gasteiger partial charge in [-0.3, -0.25) is 14.5 Å². The number of ether oxygens (including phenoxy) is 1. The Bertz CT molecular complexity index is 263. The van der Waals surface area contributed by atoms with E-state index >= 15 is 0 Å². The number of primary amides is 1. The van der Waals surface area contributed by atoms with E-state index in [0.717, 1.165) is 4.90 Å². The Morgan fingerprint density at radius 1 is 1.62 bits per heavy atom. The number of hydrogen-bond acceptors (Lipinski definition) is 4. The van der Waals surface area contributed by atoms with E-state index in [0.29, 0.717) is 0 Å². The largest absolute Gasteiger partial charge is 0.436 e. The maximum atomic E-state index is 11.2. The highest BCUT2D eigenvalue weighted by Gasteiger charge is 2.33. The summed E-state index contributed by atoms with van der Waals surface area (Å²) in [5.41, 5.74) is 4.75. The third kappa shape index (κ3) is 1.95. The fourth-order valence-corrected chi connectivity index (χ4v) is 1.13. The molecule has 0 aliphatic carbocycles. The summed E-state index contributed by atoms with van der Waals surface area (Å²) >= 11 is 0. The molecule has 6 nitrogen and oxygen atoms in total. The van der Waals surface area contributed by atoms with E-state index in [-0.39, 0.29) is 18.7 Å². The highest BCUT2D eigenvalue weighted by molar-refractivity contribution is 6.00. The summed E-state index contributed by atoms with van der Waals surface area (Å²) in [6.45, 7) is 0. The molecule has 1 saturated heterocycles. The Balaban J connectivity index is 2.64. The number of amides is 3. The van der Waals surface area contributed by atoms with Crippen LogP contribution in [0.5, 0.6) is 0 Å². The Morgan fingerprint density at radius 2 is 2.23 bits per heavy atom. The molecule has 1 aliphatic heterocycles. The predicted octanol–water partition coefficient (Wildman–Crippen LogP) is -0.771. The number of nitrogens with two attached hydrogens (primary N) is 1. The third-order valence-electron chi connectivity index (χ3n) is 1.86. The Hall–Kier alpha value is -1.59. The maximum Gasteiger partial charge on any atom is 0.405 e. The van der Waals surface area contributed by atoms with Crippen LogP contribution in [0.15, 0.2) is 0 Å². The van der Waals surface area contributed by atoms with Gasteiger partial charge < -0.3 is 10.5 Å². The SMILES string of the molecule is CN1C(=O)CCC(OC(N)=O)C1=O. The highest BCUT2D eigenvalue weighted by atomic mass is 16.6. The molecule has 72 valence electrons. The molecule has 1 unspecified atom stereocenters. The minimum absolute atomic E-state index is 0.195. The average molecular weight is 186 g/mol. The minimum atomic E-state index is -0.999. The topological polar surface area (TPSA) is 89.7 Å². The average Bonchev–Trinajstić information content (AvgIpc) is 2.06. The van der Waals surface area contributed by atoms with Crippen LogP contribution < -0.4 is 5.73 Å². The molecule has 13 heavy (non-hydrogen) atoms. The van der Waals surface area contributed by atoms with Gasteiger partial charge in [0.25, 0.3) is 5.91 Å². The van der Waals surface area contributed by atoms with Gasteiger partial charge in [-0.1, -0.05) is 0 Å². The first-order valence-electron chi connectivity index (χ1n) is 3.79. The molecule has 1 fully saturated rings. The molecule has 0 spiro atoms. The molecule has 0 aromatic heterocycles. The zero-order valence-corrected chi connectivity index (χ0v) is 7.15. The van der Waals surface area contributed by atoms with Crippen molar-refractivity contribution in [2.45, 2.75) is 18.9 Å². The number of hydrogen-bond donors (Lipinski definition) is 1. The summed E-state index contributed by atoms with van der Waals surface area (Å²) < 4.78 is 4.52. The van der Waals surface area contributed by atoms with Crippen molar-refractivity contribution in [2.75, 3.05) is 7.05 Å². The van der Waals surface area contributed by atoms with Gasteiger partial charge in [0.1, 0.15) is 0 Å². The summed E-state index contributed by atoms with van der Waals surface area (Å²) in [5, 5.41) is 0. The molecular weight excluding hydrogens is 176 g/mol. The van der Waals surface area contributed by atoms with Crippen LogP contribution in [-0.4, -0.2) is 36.0 Å². The van der Waals surface area contributed by atoms with E-state index in [1.54, 1.807) is 0 Å². The van der Waals surface area contributed by atoms with Crippen LogP contribution in [0.2, 0.25) is 0 Å². The summed E-state index contributed by atoms with van der Waals surface area (Å²) in [6, 6.07) is 0. The normalized spacial score (nSPS) is 23.2. The number of likely N-dealkylation sites (N-methyl/N-ethyl adjacent to an activating group) is 1. The molecule has 0 saturated carbocycles.